The van der Waals surface area contributed by atoms with Crippen molar-refractivity contribution < 1.29 is 9.59 Å². The first-order valence-corrected chi connectivity index (χ1v) is 8.89. The summed E-state index contributed by atoms with van der Waals surface area (Å²) in [5, 5.41) is 0. The van der Waals surface area contributed by atoms with E-state index in [1.165, 1.54) is 0 Å². The molecule has 0 saturated carbocycles. The van der Waals surface area contributed by atoms with E-state index in [4.69, 9.17) is 0 Å². The van der Waals surface area contributed by atoms with Crippen LogP contribution in [0, 0.1) is 5.92 Å². The minimum absolute atomic E-state index is 0.0316. The van der Waals surface area contributed by atoms with Gasteiger partial charge in [-0.15, -0.1) is 0 Å². The van der Waals surface area contributed by atoms with Crippen molar-refractivity contribution in [1.29, 1.82) is 0 Å². The van der Waals surface area contributed by atoms with E-state index in [0.717, 1.165) is 37.8 Å². The van der Waals surface area contributed by atoms with Gasteiger partial charge in [-0.2, -0.15) is 0 Å². The average Bonchev–Trinajstić information content (AvgIpc) is 2.64. The second kappa shape index (κ2) is 9.26. The van der Waals surface area contributed by atoms with E-state index in [9.17, 15) is 9.59 Å². The molecule has 0 N–H and O–H groups in total. The van der Waals surface area contributed by atoms with Crippen molar-refractivity contribution in [2.24, 2.45) is 5.92 Å². The van der Waals surface area contributed by atoms with E-state index in [-0.39, 0.29) is 17.7 Å². The fourth-order valence-electron chi connectivity index (χ4n) is 3.00. The summed E-state index contributed by atoms with van der Waals surface area (Å²) >= 11 is 0. The molecule has 1 aliphatic rings. The minimum Gasteiger partial charge on any atom is -0.346 e. The number of hydrogen-bond donors (Lipinski definition) is 0. The zero-order valence-corrected chi connectivity index (χ0v) is 14.8. The highest BCUT2D eigenvalue weighted by Gasteiger charge is 2.28. The Morgan fingerprint density at radius 2 is 1.88 bits per heavy atom. The summed E-state index contributed by atoms with van der Waals surface area (Å²) in [5.74, 6) is 0.327. The van der Waals surface area contributed by atoms with Gasteiger partial charge in [-0.05, 0) is 30.9 Å². The Kier molecular flexibility index (Phi) is 7.04. The van der Waals surface area contributed by atoms with E-state index in [0.29, 0.717) is 13.1 Å². The highest BCUT2D eigenvalue weighted by atomic mass is 16.2. The second-order valence-corrected chi connectivity index (χ2v) is 6.46. The molecule has 1 heterocycles. The van der Waals surface area contributed by atoms with Gasteiger partial charge >= 0.3 is 0 Å². The van der Waals surface area contributed by atoms with Gasteiger partial charge in [0.1, 0.15) is 0 Å². The van der Waals surface area contributed by atoms with Crippen LogP contribution in [0.2, 0.25) is 0 Å². The Morgan fingerprint density at radius 3 is 2.50 bits per heavy atom. The molecular weight excluding hydrogens is 300 g/mol. The summed E-state index contributed by atoms with van der Waals surface area (Å²) in [5.41, 5.74) is 1.02. The summed E-state index contributed by atoms with van der Waals surface area (Å²) in [6.45, 7) is 4.28. The molecule has 1 aliphatic heterocycles. The summed E-state index contributed by atoms with van der Waals surface area (Å²) in [6, 6.07) is 9.81. The smallest absolute Gasteiger partial charge is 0.246 e. The lowest BCUT2D eigenvalue weighted by atomic mass is 9.95. The molecule has 2 amide bonds. The topological polar surface area (TPSA) is 40.6 Å². The third kappa shape index (κ3) is 5.22. The van der Waals surface area contributed by atoms with Crippen LogP contribution < -0.4 is 0 Å². The molecule has 0 spiro atoms. The molecule has 1 aromatic carbocycles. The third-order valence-electron chi connectivity index (χ3n) is 4.60. The van der Waals surface area contributed by atoms with Crippen LogP contribution in [0.5, 0.6) is 0 Å². The lowest BCUT2D eigenvalue weighted by molar-refractivity contribution is -0.138. The molecule has 0 unspecified atom stereocenters. The molecule has 4 heteroatoms. The number of benzene rings is 1. The summed E-state index contributed by atoms with van der Waals surface area (Å²) < 4.78 is 0. The summed E-state index contributed by atoms with van der Waals surface area (Å²) in [4.78, 5) is 28.4. The molecule has 2 rings (SSSR count). The van der Waals surface area contributed by atoms with E-state index in [1.807, 2.05) is 53.3 Å². The zero-order chi connectivity index (χ0) is 17.4. The number of rotatable bonds is 6. The number of nitrogens with zero attached hydrogens (tertiary/aromatic N) is 2. The molecule has 1 saturated heterocycles. The van der Waals surface area contributed by atoms with E-state index in [2.05, 4.69) is 6.92 Å². The largest absolute Gasteiger partial charge is 0.346 e. The maximum Gasteiger partial charge on any atom is 0.246 e. The molecule has 1 fully saturated rings. The molecular formula is C20H28N2O2. The molecule has 1 aromatic rings. The Labute approximate surface area is 145 Å². The number of hydrogen-bond acceptors (Lipinski definition) is 2. The lowest BCUT2D eigenvalue weighted by Gasteiger charge is -2.32. The number of piperidine rings is 1. The minimum atomic E-state index is 0.0316. The quantitative estimate of drug-likeness (QED) is 0.753. The Balaban J connectivity index is 1.80. The Morgan fingerprint density at radius 1 is 1.21 bits per heavy atom. The second-order valence-electron chi connectivity index (χ2n) is 6.46. The van der Waals surface area contributed by atoms with E-state index >= 15 is 0 Å². The zero-order valence-electron chi connectivity index (χ0n) is 14.8. The Bertz CT molecular complexity index is 560. The van der Waals surface area contributed by atoms with Crippen LogP contribution >= 0.6 is 0 Å². The number of unbranched alkanes of at least 4 members (excludes halogenated alkanes) is 1. The van der Waals surface area contributed by atoms with Crippen LogP contribution in [-0.4, -0.2) is 48.3 Å². The maximum absolute atomic E-state index is 12.4. The molecule has 0 aliphatic carbocycles. The number of amides is 2. The fraction of sp³-hybridized carbons (Fsp3) is 0.500. The SMILES string of the molecule is CCCCN(C)C(=O)C1CCN(C(=O)/C=C/c2ccccc2)CC1. The molecule has 0 radical (unpaired) electrons. The predicted molar refractivity (Wildman–Crippen MR) is 97.3 cm³/mol. The molecule has 0 atom stereocenters. The van der Waals surface area contributed by atoms with Gasteiger partial charge in [0.05, 0.1) is 0 Å². The van der Waals surface area contributed by atoms with E-state index in [1.54, 1.807) is 6.08 Å². The molecule has 0 aromatic heterocycles. The lowest BCUT2D eigenvalue weighted by Crippen LogP contribution is -2.43. The molecule has 4 nitrogen and oxygen atoms in total. The number of carbonyl (C=O) groups excluding carboxylic acids is 2. The van der Waals surface area contributed by atoms with Crippen LogP contribution in [0.1, 0.15) is 38.2 Å². The fourth-order valence-corrected chi connectivity index (χ4v) is 3.00. The standard InChI is InChI=1S/C20H28N2O2/c1-3-4-14-21(2)20(24)18-12-15-22(16-13-18)19(23)11-10-17-8-6-5-7-9-17/h5-11,18H,3-4,12-16H2,1-2H3/b11-10+. The van der Waals surface area contributed by atoms with Gasteiger partial charge in [-0.25, -0.2) is 0 Å². The van der Waals surface area contributed by atoms with Crippen molar-refractivity contribution in [2.45, 2.75) is 32.6 Å². The average molecular weight is 328 g/mol. The van der Waals surface area contributed by atoms with Crippen LogP contribution in [0.4, 0.5) is 0 Å². The van der Waals surface area contributed by atoms with Gasteiger partial charge in [0.25, 0.3) is 0 Å². The van der Waals surface area contributed by atoms with E-state index < -0.39 is 0 Å². The molecule has 0 bridgehead atoms. The van der Waals surface area contributed by atoms with Crippen LogP contribution in [0.15, 0.2) is 36.4 Å². The third-order valence-corrected chi connectivity index (χ3v) is 4.60. The van der Waals surface area contributed by atoms with Crippen LogP contribution in [0.25, 0.3) is 6.08 Å². The van der Waals surface area contributed by atoms with Crippen molar-refractivity contribution in [3.05, 3.63) is 42.0 Å². The molecule has 130 valence electrons. The van der Waals surface area contributed by atoms with Crippen molar-refractivity contribution in [2.75, 3.05) is 26.7 Å². The van der Waals surface area contributed by atoms with Gasteiger partial charge in [-0.3, -0.25) is 9.59 Å². The van der Waals surface area contributed by atoms with Gasteiger partial charge in [0.2, 0.25) is 11.8 Å². The van der Waals surface area contributed by atoms with Crippen LogP contribution in [0.3, 0.4) is 0 Å². The first kappa shape index (κ1) is 18.2. The van der Waals surface area contributed by atoms with Crippen molar-refractivity contribution in [3.63, 3.8) is 0 Å². The first-order valence-electron chi connectivity index (χ1n) is 8.89. The predicted octanol–water partition coefficient (Wildman–Crippen LogP) is 3.20. The van der Waals surface area contributed by atoms with Crippen LogP contribution in [-0.2, 0) is 9.59 Å². The molecule has 24 heavy (non-hydrogen) atoms. The van der Waals surface area contributed by atoms with Gasteiger partial charge in [0.15, 0.2) is 0 Å². The maximum atomic E-state index is 12.4. The van der Waals surface area contributed by atoms with Crippen molar-refractivity contribution in [3.8, 4) is 0 Å². The van der Waals surface area contributed by atoms with Crippen molar-refractivity contribution >= 4 is 17.9 Å². The van der Waals surface area contributed by atoms with Crippen molar-refractivity contribution in [1.82, 2.24) is 9.80 Å². The summed E-state index contributed by atoms with van der Waals surface area (Å²) in [7, 11) is 1.89. The number of likely N-dealkylation sites (tertiary alicyclic amines) is 1. The highest BCUT2D eigenvalue weighted by molar-refractivity contribution is 5.92. The van der Waals surface area contributed by atoms with Gasteiger partial charge in [-0.1, -0.05) is 43.7 Å². The monoisotopic (exact) mass is 328 g/mol. The Hall–Kier alpha value is -2.10. The van der Waals surface area contributed by atoms with Gasteiger partial charge in [0, 0.05) is 38.7 Å². The highest BCUT2D eigenvalue weighted by Crippen LogP contribution is 2.20. The summed E-state index contributed by atoms with van der Waals surface area (Å²) in [6.07, 6.45) is 7.14. The van der Waals surface area contributed by atoms with Gasteiger partial charge < -0.3 is 9.80 Å². The first-order chi connectivity index (χ1) is 11.6. The number of carbonyl (C=O) groups is 2. The normalized spacial score (nSPS) is 15.7.